The third kappa shape index (κ3) is 4.55. The van der Waals surface area contributed by atoms with Crippen molar-refractivity contribution in [2.45, 2.75) is 18.9 Å². The average Bonchev–Trinajstić information content (AvgIpc) is 2.73. The molecule has 0 aliphatic rings. The molecule has 1 unspecified atom stereocenters. The van der Waals surface area contributed by atoms with E-state index < -0.39 is 5.91 Å². The van der Waals surface area contributed by atoms with Crippen molar-refractivity contribution in [1.29, 1.82) is 0 Å². The summed E-state index contributed by atoms with van der Waals surface area (Å²) in [7, 11) is 0. The lowest BCUT2D eigenvalue weighted by molar-refractivity contribution is -0.189. The molecule has 0 saturated heterocycles. The molecule has 0 saturated carbocycles. The number of ether oxygens (including phenoxy) is 1. The van der Waals surface area contributed by atoms with Crippen molar-refractivity contribution >= 4 is 16.6 Å². The highest BCUT2D eigenvalue weighted by Crippen LogP contribution is 2.21. The monoisotopic (exact) mass is 370 g/mol. The molecular weight excluding hydrogens is 348 g/mol. The van der Waals surface area contributed by atoms with Crippen molar-refractivity contribution in [2.75, 3.05) is 5.32 Å². The van der Waals surface area contributed by atoms with Crippen LogP contribution in [0.25, 0.3) is 10.9 Å². The van der Waals surface area contributed by atoms with Gasteiger partial charge in [0.2, 0.25) is 0 Å². The maximum absolute atomic E-state index is 11.2. The number of hydrogen-bond acceptors (Lipinski definition) is 4. The Balaban J connectivity index is 1.55. The minimum atomic E-state index is -1.56. The summed E-state index contributed by atoms with van der Waals surface area (Å²) in [4.78, 5) is 4.63. The second-order valence-electron chi connectivity index (χ2n) is 6.72. The number of fused-ring (bicyclic) bond motifs is 1. The number of para-hydroxylation sites is 2. The molecule has 0 bridgehead atoms. The van der Waals surface area contributed by atoms with Gasteiger partial charge in [-0.05, 0) is 29.8 Å². The lowest BCUT2D eigenvalue weighted by Crippen LogP contribution is -2.43. The zero-order valence-corrected chi connectivity index (χ0v) is 15.5. The first-order valence-corrected chi connectivity index (χ1v) is 9.28. The molecule has 1 atom stereocenters. The fraction of sp³-hybridized carbons (Fsp3) is 0.125. The number of nitrogens with one attached hydrogen (secondary N) is 1. The van der Waals surface area contributed by atoms with Gasteiger partial charge in [0.15, 0.2) is 0 Å². The van der Waals surface area contributed by atoms with Gasteiger partial charge in [-0.15, -0.1) is 0 Å². The van der Waals surface area contributed by atoms with Crippen molar-refractivity contribution < 1.29 is 9.84 Å². The summed E-state index contributed by atoms with van der Waals surface area (Å²) < 4.78 is 5.95. The molecule has 1 aromatic heterocycles. The SMILES string of the molecule is OC(Cc1ccccc1)(Nc1ccccc1)OCc1ccc2ccccc2n1. The molecule has 4 rings (SSSR count). The summed E-state index contributed by atoms with van der Waals surface area (Å²) in [6, 6.07) is 31.2. The van der Waals surface area contributed by atoms with E-state index in [0.29, 0.717) is 6.42 Å². The Morgan fingerprint density at radius 2 is 1.46 bits per heavy atom. The van der Waals surface area contributed by atoms with Crippen LogP contribution in [0.3, 0.4) is 0 Å². The van der Waals surface area contributed by atoms with Crippen molar-refractivity contribution in [1.82, 2.24) is 4.98 Å². The van der Waals surface area contributed by atoms with E-state index in [1.54, 1.807) is 0 Å². The molecule has 0 aliphatic heterocycles. The van der Waals surface area contributed by atoms with Crippen LogP contribution in [0.15, 0.2) is 97.1 Å². The summed E-state index contributed by atoms with van der Waals surface area (Å²) in [6.45, 7) is 0.188. The van der Waals surface area contributed by atoms with Crippen LogP contribution in [0.2, 0.25) is 0 Å². The van der Waals surface area contributed by atoms with Crippen LogP contribution in [-0.4, -0.2) is 16.0 Å². The van der Waals surface area contributed by atoms with Crippen molar-refractivity contribution in [3.63, 3.8) is 0 Å². The Morgan fingerprint density at radius 3 is 2.25 bits per heavy atom. The zero-order valence-electron chi connectivity index (χ0n) is 15.5. The van der Waals surface area contributed by atoms with Crippen LogP contribution in [-0.2, 0) is 17.8 Å². The Bertz CT molecular complexity index is 994. The van der Waals surface area contributed by atoms with E-state index in [2.05, 4.69) is 10.3 Å². The quantitative estimate of drug-likeness (QED) is 0.461. The molecule has 0 radical (unpaired) electrons. The highest BCUT2D eigenvalue weighted by molar-refractivity contribution is 5.78. The topological polar surface area (TPSA) is 54.4 Å². The minimum absolute atomic E-state index is 0.188. The summed E-state index contributed by atoms with van der Waals surface area (Å²) in [5.74, 6) is -1.56. The number of anilines is 1. The largest absolute Gasteiger partial charge is 0.349 e. The molecule has 0 aliphatic carbocycles. The second kappa shape index (κ2) is 8.21. The zero-order chi connectivity index (χ0) is 19.2. The Kier molecular flexibility index (Phi) is 5.33. The van der Waals surface area contributed by atoms with Crippen molar-refractivity contribution in [3.05, 3.63) is 108 Å². The molecule has 3 aromatic carbocycles. The number of nitrogens with zero attached hydrogens (tertiary/aromatic N) is 1. The fourth-order valence-electron chi connectivity index (χ4n) is 3.13. The molecule has 140 valence electrons. The van der Waals surface area contributed by atoms with Crippen LogP contribution in [0.5, 0.6) is 0 Å². The van der Waals surface area contributed by atoms with E-state index >= 15 is 0 Å². The number of aromatic nitrogens is 1. The maximum atomic E-state index is 11.2. The summed E-state index contributed by atoms with van der Waals surface area (Å²) in [5.41, 5.74) is 3.43. The van der Waals surface area contributed by atoms with Gasteiger partial charge in [0.05, 0.1) is 17.8 Å². The third-order valence-electron chi connectivity index (χ3n) is 4.51. The smallest absolute Gasteiger partial charge is 0.251 e. The first kappa shape index (κ1) is 18.2. The molecule has 4 nitrogen and oxygen atoms in total. The fourth-order valence-corrected chi connectivity index (χ4v) is 3.13. The van der Waals surface area contributed by atoms with Gasteiger partial charge >= 0.3 is 0 Å². The second-order valence-corrected chi connectivity index (χ2v) is 6.72. The average molecular weight is 370 g/mol. The molecule has 0 spiro atoms. The van der Waals surface area contributed by atoms with Crippen LogP contribution >= 0.6 is 0 Å². The van der Waals surface area contributed by atoms with Crippen LogP contribution < -0.4 is 5.32 Å². The Labute approximate surface area is 164 Å². The molecule has 28 heavy (non-hydrogen) atoms. The molecule has 1 heterocycles. The lowest BCUT2D eigenvalue weighted by atomic mass is 10.1. The van der Waals surface area contributed by atoms with Gasteiger partial charge in [-0.1, -0.05) is 72.8 Å². The van der Waals surface area contributed by atoms with Gasteiger partial charge in [0.25, 0.3) is 5.91 Å². The van der Waals surface area contributed by atoms with Gasteiger partial charge in [-0.2, -0.15) is 0 Å². The Hall–Kier alpha value is -3.21. The first-order chi connectivity index (χ1) is 13.7. The molecular formula is C24H22N2O2. The number of aliphatic hydroxyl groups is 1. The van der Waals surface area contributed by atoms with E-state index in [0.717, 1.165) is 27.8 Å². The van der Waals surface area contributed by atoms with E-state index in [1.807, 2.05) is 97.1 Å². The Morgan fingerprint density at radius 1 is 0.786 bits per heavy atom. The summed E-state index contributed by atoms with van der Waals surface area (Å²) in [6.07, 6.45) is 0.302. The van der Waals surface area contributed by atoms with Crippen LogP contribution in [0.4, 0.5) is 5.69 Å². The van der Waals surface area contributed by atoms with Gasteiger partial charge < -0.3 is 15.2 Å². The maximum Gasteiger partial charge on any atom is 0.251 e. The van der Waals surface area contributed by atoms with Gasteiger partial charge in [0, 0.05) is 17.5 Å². The number of benzene rings is 3. The van der Waals surface area contributed by atoms with Crippen molar-refractivity contribution in [2.24, 2.45) is 0 Å². The van der Waals surface area contributed by atoms with E-state index in [-0.39, 0.29) is 6.61 Å². The molecule has 0 fully saturated rings. The normalized spacial score (nSPS) is 13.2. The molecule has 0 amide bonds. The lowest BCUT2D eigenvalue weighted by Gasteiger charge is -2.30. The minimum Gasteiger partial charge on any atom is -0.349 e. The van der Waals surface area contributed by atoms with Crippen molar-refractivity contribution in [3.8, 4) is 0 Å². The third-order valence-corrected chi connectivity index (χ3v) is 4.51. The van der Waals surface area contributed by atoms with Crippen LogP contribution in [0, 0.1) is 0 Å². The van der Waals surface area contributed by atoms with E-state index in [4.69, 9.17) is 4.74 Å². The van der Waals surface area contributed by atoms with Crippen LogP contribution in [0.1, 0.15) is 11.3 Å². The molecule has 2 N–H and O–H groups in total. The molecule has 4 heteroatoms. The summed E-state index contributed by atoms with van der Waals surface area (Å²) in [5, 5.41) is 15.4. The van der Waals surface area contributed by atoms with Gasteiger partial charge in [-0.3, -0.25) is 4.98 Å². The molecule has 4 aromatic rings. The van der Waals surface area contributed by atoms with Gasteiger partial charge in [0.1, 0.15) is 0 Å². The highest BCUT2D eigenvalue weighted by atomic mass is 16.6. The predicted octanol–water partition coefficient (Wildman–Crippen LogP) is 4.75. The van der Waals surface area contributed by atoms with E-state index in [9.17, 15) is 5.11 Å². The summed E-state index contributed by atoms with van der Waals surface area (Å²) >= 11 is 0. The highest BCUT2D eigenvalue weighted by Gasteiger charge is 2.28. The number of pyridine rings is 1. The first-order valence-electron chi connectivity index (χ1n) is 9.28. The van der Waals surface area contributed by atoms with E-state index in [1.165, 1.54) is 0 Å². The number of rotatable bonds is 7. The van der Waals surface area contributed by atoms with Gasteiger partial charge in [-0.25, -0.2) is 0 Å². The number of hydrogen-bond donors (Lipinski definition) is 2. The predicted molar refractivity (Wildman–Crippen MR) is 112 cm³/mol. The standard InChI is InChI=1S/C24H22N2O2/c27-24(17-19-9-3-1-4-10-19,26-21-12-5-2-6-13-21)28-18-22-16-15-20-11-7-8-14-23(20)25-22/h1-16,26-27H,17-18H2.